The Hall–Kier alpha value is -1.39. The van der Waals surface area contributed by atoms with Gasteiger partial charge in [-0.2, -0.15) is 0 Å². The van der Waals surface area contributed by atoms with Crippen molar-refractivity contribution in [2.75, 3.05) is 19.7 Å². The van der Waals surface area contributed by atoms with Crippen molar-refractivity contribution in [1.29, 1.82) is 0 Å². The third-order valence-corrected chi connectivity index (χ3v) is 4.09. The van der Waals surface area contributed by atoms with E-state index in [4.69, 9.17) is 5.73 Å². The first-order chi connectivity index (χ1) is 9.19. The summed E-state index contributed by atoms with van der Waals surface area (Å²) < 4.78 is 0. The molecule has 1 aromatic carbocycles. The van der Waals surface area contributed by atoms with Crippen LogP contribution in [-0.2, 0) is 4.79 Å². The topological polar surface area (TPSA) is 66.6 Å². The molecule has 1 aromatic rings. The van der Waals surface area contributed by atoms with Gasteiger partial charge in [0.25, 0.3) is 0 Å². The lowest BCUT2D eigenvalue weighted by molar-refractivity contribution is -0.134. The van der Waals surface area contributed by atoms with E-state index in [1.54, 1.807) is 4.90 Å². The molecule has 4 nitrogen and oxygen atoms in total. The van der Waals surface area contributed by atoms with Crippen LogP contribution in [0.2, 0.25) is 0 Å². The smallest absolute Gasteiger partial charge is 0.231 e. The zero-order chi connectivity index (χ0) is 13.8. The monoisotopic (exact) mass is 262 g/mol. The predicted octanol–water partition coefficient (Wildman–Crippen LogP) is 0.958. The van der Waals surface area contributed by atoms with Crippen LogP contribution < -0.4 is 5.73 Å². The second-order valence-corrected chi connectivity index (χ2v) is 5.25. The number of amides is 1. The lowest BCUT2D eigenvalue weighted by atomic mass is 9.97. The summed E-state index contributed by atoms with van der Waals surface area (Å²) in [6.07, 6.45) is 0.947. The van der Waals surface area contributed by atoms with Gasteiger partial charge in [-0.15, -0.1) is 0 Å². The normalized spacial score (nSPS) is 24.5. The fraction of sp³-hybridized carbons (Fsp3) is 0.533. The molecular weight excluding hydrogens is 240 g/mol. The maximum atomic E-state index is 12.6. The quantitative estimate of drug-likeness (QED) is 0.849. The first-order valence-corrected chi connectivity index (χ1v) is 6.85. The van der Waals surface area contributed by atoms with Crippen molar-refractivity contribution < 1.29 is 9.90 Å². The van der Waals surface area contributed by atoms with E-state index in [0.29, 0.717) is 19.0 Å². The number of carbonyl (C=O) groups is 1. The average molecular weight is 262 g/mol. The molecule has 104 valence electrons. The van der Waals surface area contributed by atoms with E-state index in [1.807, 2.05) is 30.3 Å². The highest BCUT2D eigenvalue weighted by Crippen LogP contribution is 2.27. The molecule has 1 amide bonds. The summed E-state index contributed by atoms with van der Waals surface area (Å²) in [6, 6.07) is 9.56. The standard InChI is InChI=1S/C15H22N2O2/c1-11-7-8-17(14(11)10-18)15(19)13(9-16)12-5-3-2-4-6-12/h2-6,11,13-14,18H,7-10,16H2,1H3. The average Bonchev–Trinajstić information content (AvgIpc) is 2.81. The van der Waals surface area contributed by atoms with E-state index in [-0.39, 0.29) is 24.5 Å². The molecule has 0 bridgehead atoms. The Balaban J connectivity index is 2.18. The lowest BCUT2D eigenvalue weighted by Gasteiger charge is -2.29. The molecule has 0 aromatic heterocycles. The number of aliphatic hydroxyl groups is 1. The number of hydrogen-bond donors (Lipinski definition) is 2. The molecule has 19 heavy (non-hydrogen) atoms. The van der Waals surface area contributed by atoms with Crippen LogP contribution in [-0.4, -0.2) is 41.7 Å². The molecule has 1 saturated heterocycles. The van der Waals surface area contributed by atoms with Crippen molar-refractivity contribution in [3.63, 3.8) is 0 Å². The molecule has 0 aliphatic carbocycles. The van der Waals surface area contributed by atoms with Crippen LogP contribution in [0.5, 0.6) is 0 Å². The molecular formula is C15H22N2O2. The highest BCUT2D eigenvalue weighted by atomic mass is 16.3. The van der Waals surface area contributed by atoms with Gasteiger partial charge in [0.15, 0.2) is 0 Å². The van der Waals surface area contributed by atoms with Gasteiger partial charge in [0.05, 0.1) is 18.6 Å². The first kappa shape index (κ1) is 14.0. The second-order valence-electron chi connectivity index (χ2n) is 5.25. The number of nitrogens with zero attached hydrogens (tertiary/aromatic N) is 1. The van der Waals surface area contributed by atoms with E-state index in [9.17, 15) is 9.90 Å². The van der Waals surface area contributed by atoms with Crippen molar-refractivity contribution in [2.45, 2.75) is 25.3 Å². The third-order valence-electron chi connectivity index (χ3n) is 4.09. The molecule has 3 atom stereocenters. The maximum absolute atomic E-state index is 12.6. The van der Waals surface area contributed by atoms with E-state index in [0.717, 1.165) is 12.0 Å². The summed E-state index contributed by atoms with van der Waals surface area (Å²) in [5.74, 6) is 0.0841. The van der Waals surface area contributed by atoms with Gasteiger partial charge < -0.3 is 15.7 Å². The molecule has 1 aliphatic heterocycles. The molecule has 0 saturated carbocycles. The molecule has 1 aliphatic rings. The maximum Gasteiger partial charge on any atom is 0.231 e. The first-order valence-electron chi connectivity index (χ1n) is 6.85. The number of carbonyl (C=O) groups excluding carboxylic acids is 1. The number of aliphatic hydroxyl groups excluding tert-OH is 1. The van der Waals surface area contributed by atoms with Gasteiger partial charge in [-0.1, -0.05) is 37.3 Å². The van der Waals surface area contributed by atoms with Crippen molar-refractivity contribution >= 4 is 5.91 Å². The van der Waals surface area contributed by atoms with Crippen molar-refractivity contribution in [2.24, 2.45) is 11.7 Å². The van der Waals surface area contributed by atoms with Crippen LogP contribution in [0.25, 0.3) is 0 Å². The van der Waals surface area contributed by atoms with E-state index >= 15 is 0 Å². The Morgan fingerprint density at radius 2 is 2.16 bits per heavy atom. The van der Waals surface area contributed by atoms with Crippen molar-refractivity contribution in [3.05, 3.63) is 35.9 Å². The highest BCUT2D eigenvalue weighted by molar-refractivity contribution is 5.84. The van der Waals surface area contributed by atoms with Gasteiger partial charge >= 0.3 is 0 Å². The Bertz CT molecular complexity index is 421. The number of benzene rings is 1. The van der Waals surface area contributed by atoms with Crippen LogP contribution in [0.15, 0.2) is 30.3 Å². The number of nitrogens with two attached hydrogens (primary N) is 1. The fourth-order valence-electron chi connectivity index (χ4n) is 2.83. The number of likely N-dealkylation sites (tertiary alicyclic amines) is 1. The summed E-state index contributed by atoms with van der Waals surface area (Å²) in [5, 5.41) is 9.46. The van der Waals surface area contributed by atoms with Crippen molar-refractivity contribution in [3.8, 4) is 0 Å². The molecule has 3 N–H and O–H groups in total. The van der Waals surface area contributed by atoms with Gasteiger partial charge in [0.2, 0.25) is 5.91 Å². The minimum atomic E-state index is -0.305. The number of rotatable bonds is 4. The van der Waals surface area contributed by atoms with Gasteiger partial charge in [-0.3, -0.25) is 4.79 Å². The molecule has 2 rings (SSSR count). The minimum Gasteiger partial charge on any atom is -0.394 e. The fourth-order valence-corrected chi connectivity index (χ4v) is 2.83. The van der Waals surface area contributed by atoms with E-state index in [2.05, 4.69) is 6.92 Å². The Morgan fingerprint density at radius 1 is 1.47 bits per heavy atom. The van der Waals surface area contributed by atoms with E-state index < -0.39 is 0 Å². The summed E-state index contributed by atoms with van der Waals surface area (Å²) in [7, 11) is 0. The number of hydrogen-bond acceptors (Lipinski definition) is 3. The Labute approximate surface area is 114 Å². The summed E-state index contributed by atoms with van der Waals surface area (Å²) in [4.78, 5) is 14.4. The zero-order valence-electron chi connectivity index (χ0n) is 11.3. The van der Waals surface area contributed by atoms with Crippen molar-refractivity contribution in [1.82, 2.24) is 4.90 Å². The summed E-state index contributed by atoms with van der Waals surface area (Å²) in [5.41, 5.74) is 6.74. The zero-order valence-corrected chi connectivity index (χ0v) is 11.3. The van der Waals surface area contributed by atoms with Crippen LogP contribution in [0, 0.1) is 5.92 Å². The molecule has 1 heterocycles. The molecule has 0 spiro atoms. The van der Waals surface area contributed by atoms with Gasteiger partial charge in [-0.05, 0) is 17.9 Å². The van der Waals surface area contributed by atoms with Crippen LogP contribution >= 0.6 is 0 Å². The highest BCUT2D eigenvalue weighted by Gasteiger charge is 2.36. The summed E-state index contributed by atoms with van der Waals surface area (Å²) >= 11 is 0. The minimum absolute atomic E-state index is 0.0268. The second kappa shape index (κ2) is 6.17. The molecule has 0 radical (unpaired) electrons. The van der Waals surface area contributed by atoms with Gasteiger partial charge in [0.1, 0.15) is 0 Å². The van der Waals surface area contributed by atoms with Crippen LogP contribution in [0.3, 0.4) is 0 Å². The molecule has 3 unspecified atom stereocenters. The molecule has 1 fully saturated rings. The van der Waals surface area contributed by atoms with E-state index in [1.165, 1.54) is 0 Å². The lowest BCUT2D eigenvalue weighted by Crippen LogP contribution is -2.43. The van der Waals surface area contributed by atoms with Crippen LogP contribution in [0.1, 0.15) is 24.8 Å². The Kier molecular flexibility index (Phi) is 4.56. The summed E-state index contributed by atoms with van der Waals surface area (Å²) in [6.45, 7) is 3.12. The van der Waals surface area contributed by atoms with Gasteiger partial charge in [-0.25, -0.2) is 0 Å². The predicted molar refractivity (Wildman–Crippen MR) is 74.6 cm³/mol. The van der Waals surface area contributed by atoms with Gasteiger partial charge in [0, 0.05) is 13.1 Å². The third kappa shape index (κ3) is 2.80. The SMILES string of the molecule is CC1CCN(C(=O)C(CN)c2ccccc2)C1CO. The Morgan fingerprint density at radius 3 is 2.74 bits per heavy atom. The molecule has 4 heteroatoms. The van der Waals surface area contributed by atoms with Crippen LogP contribution in [0.4, 0.5) is 0 Å². The largest absolute Gasteiger partial charge is 0.394 e.